The Morgan fingerprint density at radius 1 is 1.34 bits per heavy atom. The number of rotatable bonds is 8. The molecule has 3 rings (SSSR count). The minimum atomic E-state index is 0. The van der Waals surface area contributed by atoms with Gasteiger partial charge in [0.1, 0.15) is 11.9 Å². The van der Waals surface area contributed by atoms with Crippen molar-refractivity contribution in [2.24, 2.45) is 4.99 Å². The zero-order chi connectivity index (χ0) is 19.8. The molecule has 1 aromatic carbocycles. The number of hydrogen-bond donors (Lipinski definition) is 2. The molecule has 160 valence electrons. The number of nitrogens with one attached hydrogen (secondary N) is 2. The molecule has 1 unspecified atom stereocenters. The summed E-state index contributed by atoms with van der Waals surface area (Å²) in [5.41, 5.74) is 3.31. The van der Waals surface area contributed by atoms with Gasteiger partial charge in [-0.1, -0.05) is 19.1 Å². The first-order chi connectivity index (χ1) is 13.7. The van der Waals surface area contributed by atoms with E-state index in [-0.39, 0.29) is 30.1 Å². The van der Waals surface area contributed by atoms with Crippen LogP contribution in [0.25, 0.3) is 0 Å². The number of aromatic nitrogens is 1. The molecule has 1 aromatic heterocycles. The van der Waals surface area contributed by atoms with Crippen molar-refractivity contribution >= 4 is 41.3 Å². The molecule has 1 saturated heterocycles. The Hall–Kier alpha value is -1.39. The molecule has 1 atom stereocenters. The second-order valence-corrected chi connectivity index (χ2v) is 7.79. The SMILES string of the molecule is CCNC(=NCc1ccc(C)cc1OC1CCOC1)NCc1csc(CC)n1.I. The van der Waals surface area contributed by atoms with Crippen LogP contribution in [-0.4, -0.2) is 36.8 Å². The van der Waals surface area contributed by atoms with Crippen LogP contribution in [0, 0.1) is 6.92 Å². The Bertz CT molecular complexity index is 791. The summed E-state index contributed by atoms with van der Waals surface area (Å²) in [4.78, 5) is 9.35. The fourth-order valence-electron chi connectivity index (χ4n) is 2.96. The molecule has 1 aliphatic rings. The number of aryl methyl sites for hydroxylation is 2. The van der Waals surface area contributed by atoms with E-state index < -0.39 is 0 Å². The van der Waals surface area contributed by atoms with Crippen LogP contribution >= 0.6 is 35.3 Å². The molecule has 0 spiro atoms. The Labute approximate surface area is 194 Å². The number of guanidine groups is 1. The molecule has 2 N–H and O–H groups in total. The van der Waals surface area contributed by atoms with Gasteiger partial charge in [0.15, 0.2) is 5.96 Å². The van der Waals surface area contributed by atoms with Crippen LogP contribution in [0.5, 0.6) is 5.75 Å². The van der Waals surface area contributed by atoms with Gasteiger partial charge < -0.3 is 20.1 Å². The van der Waals surface area contributed by atoms with E-state index in [0.717, 1.165) is 54.0 Å². The lowest BCUT2D eigenvalue weighted by Crippen LogP contribution is -2.36. The summed E-state index contributed by atoms with van der Waals surface area (Å²) in [6.07, 6.45) is 2.04. The molecule has 1 aliphatic heterocycles. The van der Waals surface area contributed by atoms with Gasteiger partial charge in [-0.25, -0.2) is 9.98 Å². The van der Waals surface area contributed by atoms with Crippen LogP contribution in [-0.2, 0) is 24.2 Å². The normalized spacial score (nSPS) is 16.4. The highest BCUT2D eigenvalue weighted by molar-refractivity contribution is 14.0. The fraction of sp³-hybridized carbons (Fsp3) is 0.524. The van der Waals surface area contributed by atoms with Gasteiger partial charge in [-0.3, -0.25) is 0 Å². The van der Waals surface area contributed by atoms with Crippen molar-refractivity contribution < 1.29 is 9.47 Å². The topological polar surface area (TPSA) is 67.8 Å². The first-order valence-corrected chi connectivity index (χ1v) is 10.8. The predicted molar refractivity (Wildman–Crippen MR) is 130 cm³/mol. The van der Waals surface area contributed by atoms with Crippen molar-refractivity contribution in [3.8, 4) is 5.75 Å². The number of hydrogen-bond acceptors (Lipinski definition) is 5. The van der Waals surface area contributed by atoms with E-state index in [4.69, 9.17) is 14.5 Å². The zero-order valence-corrected chi connectivity index (χ0v) is 20.5. The van der Waals surface area contributed by atoms with Crippen molar-refractivity contribution in [1.29, 1.82) is 0 Å². The Kier molecular flexibility index (Phi) is 10.2. The summed E-state index contributed by atoms with van der Waals surface area (Å²) in [6, 6.07) is 6.29. The first-order valence-electron chi connectivity index (χ1n) is 9.97. The summed E-state index contributed by atoms with van der Waals surface area (Å²) in [5, 5.41) is 9.94. The summed E-state index contributed by atoms with van der Waals surface area (Å²) in [7, 11) is 0. The van der Waals surface area contributed by atoms with Gasteiger partial charge in [-0.15, -0.1) is 35.3 Å². The van der Waals surface area contributed by atoms with Gasteiger partial charge in [0.25, 0.3) is 0 Å². The van der Waals surface area contributed by atoms with Crippen molar-refractivity contribution in [3.63, 3.8) is 0 Å². The summed E-state index contributed by atoms with van der Waals surface area (Å²) in [5.74, 6) is 1.69. The predicted octanol–water partition coefficient (Wildman–Crippen LogP) is 4.05. The Balaban J connectivity index is 0.00000300. The van der Waals surface area contributed by atoms with Gasteiger partial charge in [0.2, 0.25) is 0 Å². The molecule has 6 nitrogen and oxygen atoms in total. The summed E-state index contributed by atoms with van der Waals surface area (Å²) < 4.78 is 11.6. The number of ether oxygens (including phenoxy) is 2. The molecule has 2 heterocycles. The Morgan fingerprint density at radius 2 is 2.21 bits per heavy atom. The number of nitrogens with zero attached hydrogens (tertiary/aromatic N) is 2. The second kappa shape index (κ2) is 12.3. The smallest absolute Gasteiger partial charge is 0.191 e. The van der Waals surface area contributed by atoms with Crippen molar-refractivity contribution in [2.45, 2.75) is 52.8 Å². The third kappa shape index (κ3) is 7.42. The molecule has 8 heteroatoms. The number of halogens is 1. The highest BCUT2D eigenvalue weighted by Crippen LogP contribution is 2.24. The standard InChI is InChI=1S/C21H30N4O2S.HI/c1-4-20-25-17(14-28-20)12-24-21(22-5-2)23-11-16-7-6-15(3)10-19(16)27-18-8-9-26-13-18;/h6-7,10,14,18H,4-5,8-9,11-13H2,1-3H3,(H2,22,23,24);1H. The fourth-order valence-corrected chi connectivity index (χ4v) is 3.70. The minimum absolute atomic E-state index is 0. The number of thiazole rings is 1. The molecule has 0 radical (unpaired) electrons. The first kappa shape index (κ1) is 23.9. The molecule has 0 saturated carbocycles. The average Bonchev–Trinajstić information content (AvgIpc) is 3.37. The van der Waals surface area contributed by atoms with Crippen LogP contribution in [0.15, 0.2) is 28.6 Å². The van der Waals surface area contributed by atoms with E-state index in [0.29, 0.717) is 19.7 Å². The maximum Gasteiger partial charge on any atom is 0.191 e. The average molecular weight is 530 g/mol. The van der Waals surface area contributed by atoms with Crippen LogP contribution in [0.4, 0.5) is 0 Å². The van der Waals surface area contributed by atoms with Crippen LogP contribution in [0.2, 0.25) is 0 Å². The summed E-state index contributed by atoms with van der Waals surface area (Å²) >= 11 is 1.70. The molecule has 29 heavy (non-hydrogen) atoms. The monoisotopic (exact) mass is 530 g/mol. The number of aliphatic imine (C=N–C) groups is 1. The quantitative estimate of drug-likeness (QED) is 0.306. The highest BCUT2D eigenvalue weighted by atomic mass is 127. The minimum Gasteiger partial charge on any atom is -0.488 e. The van der Waals surface area contributed by atoms with Crippen LogP contribution in [0.3, 0.4) is 0 Å². The zero-order valence-electron chi connectivity index (χ0n) is 17.4. The third-order valence-corrected chi connectivity index (χ3v) is 5.54. The summed E-state index contributed by atoms with van der Waals surface area (Å²) in [6.45, 7) is 9.73. The van der Waals surface area contributed by atoms with Crippen molar-refractivity contribution in [2.75, 3.05) is 19.8 Å². The van der Waals surface area contributed by atoms with E-state index in [1.165, 1.54) is 5.56 Å². The van der Waals surface area contributed by atoms with Crippen molar-refractivity contribution in [3.05, 3.63) is 45.4 Å². The van der Waals surface area contributed by atoms with Gasteiger partial charge in [-0.05, 0) is 31.9 Å². The van der Waals surface area contributed by atoms with Crippen LogP contribution in [0.1, 0.15) is 42.1 Å². The van der Waals surface area contributed by atoms with Crippen molar-refractivity contribution in [1.82, 2.24) is 15.6 Å². The van der Waals surface area contributed by atoms with E-state index in [9.17, 15) is 0 Å². The molecule has 0 aliphatic carbocycles. The van der Waals surface area contributed by atoms with Gasteiger partial charge in [0.05, 0.1) is 37.0 Å². The molecule has 0 amide bonds. The third-order valence-electron chi connectivity index (χ3n) is 4.49. The largest absolute Gasteiger partial charge is 0.488 e. The van der Waals surface area contributed by atoms with E-state index in [2.05, 4.69) is 60.0 Å². The molecular formula is C21H31IN4O2S. The molecule has 1 fully saturated rings. The van der Waals surface area contributed by atoms with Gasteiger partial charge in [0, 0.05) is 23.9 Å². The van der Waals surface area contributed by atoms with E-state index in [1.54, 1.807) is 11.3 Å². The van der Waals surface area contributed by atoms with Gasteiger partial charge >= 0.3 is 0 Å². The maximum atomic E-state index is 6.18. The van der Waals surface area contributed by atoms with E-state index in [1.807, 2.05) is 0 Å². The van der Waals surface area contributed by atoms with Gasteiger partial charge in [-0.2, -0.15) is 0 Å². The van der Waals surface area contributed by atoms with E-state index >= 15 is 0 Å². The molecule has 0 bridgehead atoms. The molecule has 2 aromatic rings. The molecular weight excluding hydrogens is 499 g/mol. The second-order valence-electron chi connectivity index (χ2n) is 6.85. The highest BCUT2D eigenvalue weighted by Gasteiger charge is 2.18. The lowest BCUT2D eigenvalue weighted by molar-refractivity contribution is 0.140. The number of benzene rings is 1. The Morgan fingerprint density at radius 3 is 2.90 bits per heavy atom. The lowest BCUT2D eigenvalue weighted by atomic mass is 10.1. The maximum absolute atomic E-state index is 6.18. The lowest BCUT2D eigenvalue weighted by Gasteiger charge is -2.16. The van der Waals surface area contributed by atoms with Crippen LogP contribution < -0.4 is 15.4 Å².